The molecule has 0 amide bonds. The Balaban J connectivity index is 1.71. The minimum atomic E-state index is -1.26. The molecule has 0 aliphatic heterocycles. The molecule has 0 aliphatic carbocycles. The Morgan fingerprint density at radius 3 is 2.88 bits per heavy atom. The number of fused-ring (bicyclic) bond motifs is 1. The fraction of sp³-hybridized carbons (Fsp3) is 0.100. The molecule has 0 radical (unpaired) electrons. The normalized spacial score (nSPS) is 13.2. The Morgan fingerprint density at radius 2 is 2.04 bits per heavy atom. The third-order valence-corrected chi connectivity index (χ3v) is 4.85. The minimum Gasteiger partial charge on any atom is -0.371 e. The highest BCUT2D eigenvalue weighted by Gasteiger charge is 2.22. The van der Waals surface area contributed by atoms with Crippen molar-refractivity contribution < 1.29 is 5.11 Å². The smallest absolute Gasteiger partial charge is 0.174 e. The van der Waals surface area contributed by atoms with E-state index in [1.807, 2.05) is 64.8 Å². The van der Waals surface area contributed by atoms with Gasteiger partial charge in [0.25, 0.3) is 0 Å². The molecular weight excluding hydrogens is 330 g/mol. The zero-order valence-corrected chi connectivity index (χ0v) is 14.4. The van der Waals surface area contributed by atoms with Gasteiger partial charge in [0.1, 0.15) is 5.01 Å². The largest absolute Gasteiger partial charge is 0.371 e. The Morgan fingerprint density at radius 1 is 1.16 bits per heavy atom. The molecule has 4 rings (SSSR count). The number of hydrogen-bond acceptors (Lipinski definition) is 4. The quantitative estimate of drug-likeness (QED) is 0.563. The van der Waals surface area contributed by atoms with E-state index in [1.165, 1.54) is 11.3 Å². The van der Waals surface area contributed by atoms with Gasteiger partial charge in [-0.2, -0.15) is 5.10 Å². The lowest BCUT2D eigenvalue weighted by molar-refractivity contribution is 0.122. The molecule has 5 heteroatoms. The van der Waals surface area contributed by atoms with E-state index in [4.69, 9.17) is 0 Å². The molecule has 0 saturated heterocycles. The van der Waals surface area contributed by atoms with Crippen molar-refractivity contribution in [2.75, 3.05) is 0 Å². The zero-order chi connectivity index (χ0) is 17.3. The second-order valence-electron chi connectivity index (χ2n) is 5.82. The van der Waals surface area contributed by atoms with E-state index in [9.17, 15) is 5.11 Å². The zero-order valence-electron chi connectivity index (χ0n) is 13.5. The number of aromatic nitrogens is 3. The van der Waals surface area contributed by atoms with Crippen LogP contribution >= 0.6 is 11.3 Å². The van der Waals surface area contributed by atoms with Crippen molar-refractivity contribution in [2.45, 2.75) is 12.5 Å². The lowest BCUT2D eigenvalue weighted by Crippen LogP contribution is -2.17. The molecule has 0 bridgehead atoms. The molecule has 25 heavy (non-hydrogen) atoms. The summed E-state index contributed by atoms with van der Waals surface area (Å²) in [5.41, 5.74) is 1.53. The summed E-state index contributed by atoms with van der Waals surface area (Å²) in [6.07, 6.45) is 3.51. The molecule has 1 atom stereocenters. The van der Waals surface area contributed by atoms with E-state index in [0.717, 1.165) is 22.2 Å². The third-order valence-electron chi connectivity index (χ3n) is 3.87. The molecule has 4 aromatic rings. The molecule has 122 valence electrons. The molecule has 0 saturated carbocycles. The number of rotatable bonds is 2. The molecule has 4 nitrogen and oxygen atoms in total. The van der Waals surface area contributed by atoms with Crippen molar-refractivity contribution in [3.05, 3.63) is 76.9 Å². The molecule has 0 unspecified atom stereocenters. The molecular formula is C20H15N3OS. The summed E-state index contributed by atoms with van der Waals surface area (Å²) >= 11 is 1.39. The van der Waals surface area contributed by atoms with Crippen LogP contribution in [-0.2, 0) is 5.60 Å². The fourth-order valence-corrected chi connectivity index (χ4v) is 3.26. The number of thiazole rings is 1. The standard InChI is InChI=1S/C20H15N3OS/c1-20(24,19-21-11-12-25-19)10-9-15-5-4-7-17(13-15)23-18-8-3-2-6-16(18)14-22-23/h2-8,11-14,24H,1H3/t20-/m0/s1. The van der Waals surface area contributed by atoms with Gasteiger partial charge in [-0.25, -0.2) is 9.67 Å². The van der Waals surface area contributed by atoms with Crippen LogP contribution in [0.1, 0.15) is 17.5 Å². The Hall–Kier alpha value is -2.94. The maximum Gasteiger partial charge on any atom is 0.174 e. The van der Waals surface area contributed by atoms with Gasteiger partial charge in [0.2, 0.25) is 0 Å². The van der Waals surface area contributed by atoms with Gasteiger partial charge in [-0.3, -0.25) is 0 Å². The van der Waals surface area contributed by atoms with E-state index in [-0.39, 0.29) is 0 Å². The van der Waals surface area contributed by atoms with Crippen LogP contribution in [0.4, 0.5) is 0 Å². The second kappa shape index (κ2) is 6.17. The van der Waals surface area contributed by atoms with Gasteiger partial charge >= 0.3 is 0 Å². The van der Waals surface area contributed by atoms with Crippen LogP contribution in [0, 0.1) is 11.8 Å². The van der Waals surface area contributed by atoms with E-state index in [2.05, 4.69) is 21.9 Å². The van der Waals surface area contributed by atoms with Crippen molar-refractivity contribution in [2.24, 2.45) is 0 Å². The number of hydrogen-bond donors (Lipinski definition) is 1. The summed E-state index contributed by atoms with van der Waals surface area (Å²) in [5.74, 6) is 5.96. The van der Waals surface area contributed by atoms with Gasteiger partial charge < -0.3 is 5.11 Å². The van der Waals surface area contributed by atoms with E-state index >= 15 is 0 Å². The number of para-hydroxylation sites is 1. The van der Waals surface area contributed by atoms with Gasteiger partial charge in [0.05, 0.1) is 17.4 Å². The Labute approximate surface area is 149 Å². The maximum atomic E-state index is 10.5. The first-order valence-corrected chi connectivity index (χ1v) is 8.70. The summed E-state index contributed by atoms with van der Waals surface area (Å²) in [5, 5.41) is 18.5. The predicted octanol–water partition coefficient (Wildman–Crippen LogP) is 3.74. The van der Waals surface area contributed by atoms with Crippen molar-refractivity contribution >= 4 is 22.2 Å². The van der Waals surface area contributed by atoms with Crippen LogP contribution in [0.25, 0.3) is 16.6 Å². The summed E-state index contributed by atoms with van der Waals surface area (Å²) in [7, 11) is 0. The SMILES string of the molecule is C[C@](O)(C#Cc1cccc(-n2ncc3ccccc32)c1)c1nccs1. The van der Waals surface area contributed by atoms with Crippen molar-refractivity contribution in [1.29, 1.82) is 0 Å². The van der Waals surface area contributed by atoms with Gasteiger partial charge in [-0.05, 0) is 31.2 Å². The molecule has 0 fully saturated rings. The average Bonchev–Trinajstić information content (AvgIpc) is 3.30. The Kier molecular flexibility index (Phi) is 3.85. The molecule has 0 aliphatic rings. The van der Waals surface area contributed by atoms with Crippen LogP contribution in [-0.4, -0.2) is 19.9 Å². The van der Waals surface area contributed by atoms with Crippen LogP contribution in [0.15, 0.2) is 66.3 Å². The van der Waals surface area contributed by atoms with Gasteiger partial charge in [0, 0.05) is 22.5 Å². The lowest BCUT2D eigenvalue weighted by atomic mass is 10.1. The predicted molar refractivity (Wildman–Crippen MR) is 99.6 cm³/mol. The first-order chi connectivity index (χ1) is 12.1. The van der Waals surface area contributed by atoms with Gasteiger partial charge in [-0.15, -0.1) is 11.3 Å². The topological polar surface area (TPSA) is 50.9 Å². The monoisotopic (exact) mass is 345 g/mol. The van der Waals surface area contributed by atoms with Gasteiger partial charge in [-0.1, -0.05) is 36.1 Å². The number of nitrogens with zero attached hydrogens (tertiary/aromatic N) is 3. The number of aliphatic hydroxyl groups is 1. The average molecular weight is 345 g/mol. The van der Waals surface area contributed by atoms with Crippen LogP contribution in [0.5, 0.6) is 0 Å². The van der Waals surface area contributed by atoms with E-state index in [1.54, 1.807) is 13.1 Å². The van der Waals surface area contributed by atoms with Crippen molar-refractivity contribution in [3.63, 3.8) is 0 Å². The number of benzene rings is 2. The highest BCUT2D eigenvalue weighted by Crippen LogP contribution is 2.22. The molecule has 0 spiro atoms. The van der Waals surface area contributed by atoms with Crippen LogP contribution in [0.3, 0.4) is 0 Å². The first kappa shape index (κ1) is 15.6. The Bertz CT molecular complexity index is 1080. The summed E-state index contributed by atoms with van der Waals surface area (Å²) < 4.78 is 1.89. The summed E-state index contributed by atoms with van der Waals surface area (Å²) in [4.78, 5) is 4.14. The molecule has 2 heterocycles. The van der Waals surface area contributed by atoms with Crippen LogP contribution in [0.2, 0.25) is 0 Å². The molecule has 2 aromatic carbocycles. The second-order valence-corrected chi connectivity index (χ2v) is 6.72. The lowest BCUT2D eigenvalue weighted by Gasteiger charge is -2.12. The first-order valence-electron chi connectivity index (χ1n) is 7.82. The highest BCUT2D eigenvalue weighted by atomic mass is 32.1. The van der Waals surface area contributed by atoms with Crippen molar-refractivity contribution in [3.8, 4) is 17.5 Å². The highest BCUT2D eigenvalue weighted by molar-refractivity contribution is 7.09. The molecule has 1 N–H and O–H groups in total. The van der Waals surface area contributed by atoms with Crippen molar-refractivity contribution in [1.82, 2.24) is 14.8 Å². The summed E-state index contributed by atoms with van der Waals surface area (Å²) in [6, 6.07) is 15.9. The minimum absolute atomic E-state index is 0.592. The fourth-order valence-electron chi connectivity index (χ4n) is 2.60. The van der Waals surface area contributed by atoms with E-state index in [0.29, 0.717) is 5.01 Å². The van der Waals surface area contributed by atoms with Gasteiger partial charge in [0.15, 0.2) is 5.60 Å². The maximum absolute atomic E-state index is 10.5. The molecule has 2 aromatic heterocycles. The van der Waals surface area contributed by atoms with Crippen LogP contribution < -0.4 is 0 Å². The third kappa shape index (κ3) is 3.05. The summed E-state index contributed by atoms with van der Waals surface area (Å²) in [6.45, 7) is 1.66. The van der Waals surface area contributed by atoms with E-state index < -0.39 is 5.60 Å².